The van der Waals surface area contributed by atoms with Crippen LogP contribution in [0.1, 0.15) is 30.8 Å². The zero-order valence-corrected chi connectivity index (χ0v) is 13.8. The molecule has 0 fully saturated rings. The number of furan rings is 1. The smallest absolute Gasteiger partial charge is 0.258 e. The van der Waals surface area contributed by atoms with Crippen LogP contribution in [-0.2, 0) is 4.79 Å². The quantitative estimate of drug-likeness (QED) is 0.813. The second-order valence-electron chi connectivity index (χ2n) is 5.39. The number of amides is 1. The molecule has 2 aromatic rings. The molecule has 0 radical (unpaired) electrons. The Bertz CT molecular complexity index is 642. The van der Waals surface area contributed by atoms with Crippen LogP contribution < -0.4 is 10.1 Å². The van der Waals surface area contributed by atoms with E-state index < -0.39 is 6.10 Å². The van der Waals surface area contributed by atoms with Crippen LogP contribution in [0.25, 0.3) is 0 Å². The molecule has 0 spiro atoms. The van der Waals surface area contributed by atoms with Crippen LogP contribution in [0.2, 0.25) is 5.02 Å². The summed E-state index contributed by atoms with van der Waals surface area (Å²) in [7, 11) is 0. The lowest BCUT2D eigenvalue weighted by Crippen LogP contribution is -2.37. The summed E-state index contributed by atoms with van der Waals surface area (Å²) in [6, 6.07) is 8.49. The molecule has 2 rings (SSSR count). The van der Waals surface area contributed by atoms with E-state index in [1.165, 1.54) is 6.26 Å². The number of ether oxygens (including phenoxy) is 1. The highest BCUT2D eigenvalue weighted by Crippen LogP contribution is 2.25. The molecular formula is C17H20ClNO4. The van der Waals surface area contributed by atoms with Gasteiger partial charge in [-0.2, -0.15) is 0 Å². The minimum atomic E-state index is -0.753. The molecule has 1 heterocycles. The van der Waals surface area contributed by atoms with E-state index in [9.17, 15) is 9.90 Å². The molecule has 1 aromatic carbocycles. The van der Waals surface area contributed by atoms with Crippen LogP contribution in [-0.4, -0.2) is 23.7 Å². The maximum atomic E-state index is 11.9. The molecule has 2 unspecified atom stereocenters. The van der Waals surface area contributed by atoms with Crippen molar-refractivity contribution in [2.75, 3.05) is 6.61 Å². The third-order valence-corrected chi connectivity index (χ3v) is 3.84. The van der Waals surface area contributed by atoms with Gasteiger partial charge < -0.3 is 19.6 Å². The third kappa shape index (κ3) is 5.01. The van der Waals surface area contributed by atoms with E-state index >= 15 is 0 Å². The molecule has 124 valence electrons. The molecule has 5 nitrogen and oxygen atoms in total. The highest BCUT2D eigenvalue weighted by molar-refractivity contribution is 6.31. The van der Waals surface area contributed by atoms with Gasteiger partial charge in [0, 0.05) is 23.0 Å². The van der Waals surface area contributed by atoms with Crippen LogP contribution >= 0.6 is 11.6 Å². The van der Waals surface area contributed by atoms with Crippen LogP contribution in [0.5, 0.6) is 5.75 Å². The molecule has 6 heteroatoms. The molecule has 0 saturated carbocycles. The Morgan fingerprint density at radius 2 is 2.17 bits per heavy atom. The Balaban J connectivity index is 1.79. The van der Waals surface area contributed by atoms with Gasteiger partial charge in [-0.1, -0.05) is 17.7 Å². The van der Waals surface area contributed by atoms with Crippen molar-refractivity contribution in [1.82, 2.24) is 5.32 Å². The number of carbonyl (C=O) groups is 1. The monoisotopic (exact) mass is 337 g/mol. The molecule has 1 amide bonds. The summed E-state index contributed by atoms with van der Waals surface area (Å²) in [5, 5.41) is 13.4. The molecule has 0 aliphatic heterocycles. The lowest BCUT2D eigenvalue weighted by atomic mass is 10.1. The lowest BCUT2D eigenvalue weighted by molar-refractivity contribution is -0.123. The van der Waals surface area contributed by atoms with Crippen molar-refractivity contribution < 1.29 is 19.1 Å². The zero-order valence-electron chi connectivity index (χ0n) is 13.1. The highest BCUT2D eigenvalue weighted by atomic mass is 35.5. The summed E-state index contributed by atoms with van der Waals surface area (Å²) in [4.78, 5) is 11.9. The Morgan fingerprint density at radius 3 is 2.87 bits per heavy atom. The lowest BCUT2D eigenvalue weighted by Gasteiger charge is -2.17. The van der Waals surface area contributed by atoms with E-state index in [4.69, 9.17) is 20.8 Å². The number of aliphatic hydroxyl groups is 1. The van der Waals surface area contributed by atoms with E-state index in [1.807, 2.05) is 13.8 Å². The first-order valence-electron chi connectivity index (χ1n) is 7.36. The number of rotatable bonds is 7. The SMILES string of the molecule is Cc1c(Cl)cccc1OCC(=O)NC(C)CC(O)c1ccco1. The Kier molecular flexibility index (Phi) is 6.07. The van der Waals surface area contributed by atoms with Gasteiger partial charge in [-0.15, -0.1) is 0 Å². The maximum absolute atomic E-state index is 11.9. The first-order valence-corrected chi connectivity index (χ1v) is 7.74. The third-order valence-electron chi connectivity index (χ3n) is 3.43. The number of carbonyl (C=O) groups excluding carboxylic acids is 1. The average Bonchev–Trinajstić information content (AvgIpc) is 3.03. The summed E-state index contributed by atoms with van der Waals surface area (Å²) < 4.78 is 10.6. The first-order chi connectivity index (χ1) is 11.0. The van der Waals surface area contributed by atoms with E-state index in [2.05, 4.69) is 5.32 Å². The molecule has 23 heavy (non-hydrogen) atoms. The first kappa shape index (κ1) is 17.4. The number of benzene rings is 1. The van der Waals surface area contributed by atoms with Crippen molar-refractivity contribution in [3.63, 3.8) is 0 Å². The Morgan fingerprint density at radius 1 is 1.39 bits per heavy atom. The Hall–Kier alpha value is -1.98. The second kappa shape index (κ2) is 8.04. The number of aliphatic hydroxyl groups excluding tert-OH is 1. The molecule has 0 saturated heterocycles. The van der Waals surface area contributed by atoms with Crippen molar-refractivity contribution >= 4 is 17.5 Å². The van der Waals surface area contributed by atoms with Crippen molar-refractivity contribution in [1.29, 1.82) is 0 Å². The average molecular weight is 338 g/mol. The number of halogens is 1. The molecule has 0 bridgehead atoms. The predicted octanol–water partition coefficient (Wildman–Crippen LogP) is 3.25. The largest absolute Gasteiger partial charge is 0.483 e. The summed E-state index contributed by atoms with van der Waals surface area (Å²) in [5.41, 5.74) is 0.795. The van der Waals surface area contributed by atoms with Gasteiger partial charge in [-0.05, 0) is 38.1 Å². The van der Waals surface area contributed by atoms with E-state index in [0.29, 0.717) is 23.0 Å². The summed E-state index contributed by atoms with van der Waals surface area (Å²) in [6.45, 7) is 3.54. The summed E-state index contributed by atoms with van der Waals surface area (Å²) >= 11 is 6.00. The standard InChI is InChI=1S/C17H20ClNO4/c1-11(9-14(20)16-7-4-8-22-16)19-17(21)10-23-15-6-3-5-13(18)12(15)2/h3-8,11,14,20H,9-10H2,1-2H3,(H,19,21). The van der Waals surface area contributed by atoms with Gasteiger partial charge in [0.15, 0.2) is 6.61 Å². The van der Waals surface area contributed by atoms with Crippen LogP contribution in [0, 0.1) is 6.92 Å². The number of nitrogens with one attached hydrogen (secondary N) is 1. The molecule has 1 aromatic heterocycles. The van der Waals surface area contributed by atoms with Gasteiger partial charge in [-0.3, -0.25) is 4.79 Å². The fourth-order valence-electron chi connectivity index (χ4n) is 2.19. The topological polar surface area (TPSA) is 71.7 Å². The maximum Gasteiger partial charge on any atom is 0.258 e. The van der Waals surface area contributed by atoms with Crippen molar-refractivity contribution in [2.45, 2.75) is 32.4 Å². The predicted molar refractivity (Wildman–Crippen MR) is 87.6 cm³/mol. The second-order valence-corrected chi connectivity index (χ2v) is 5.79. The van der Waals surface area contributed by atoms with Gasteiger partial charge in [0.25, 0.3) is 5.91 Å². The number of hydrogen-bond donors (Lipinski definition) is 2. The van der Waals surface area contributed by atoms with Gasteiger partial charge in [0.1, 0.15) is 17.6 Å². The molecule has 0 aliphatic rings. The summed E-state index contributed by atoms with van der Waals surface area (Å²) in [6.07, 6.45) is 1.11. The van der Waals surface area contributed by atoms with Gasteiger partial charge in [0.2, 0.25) is 0 Å². The normalized spacial score (nSPS) is 13.4. The Labute approximate surface area is 140 Å². The minimum absolute atomic E-state index is 0.109. The molecule has 0 aliphatic carbocycles. The van der Waals surface area contributed by atoms with Crippen molar-refractivity contribution in [2.24, 2.45) is 0 Å². The van der Waals surface area contributed by atoms with Gasteiger partial charge in [-0.25, -0.2) is 0 Å². The highest BCUT2D eigenvalue weighted by Gasteiger charge is 2.16. The van der Waals surface area contributed by atoms with Crippen LogP contribution in [0.4, 0.5) is 0 Å². The number of hydrogen-bond acceptors (Lipinski definition) is 4. The van der Waals surface area contributed by atoms with Crippen molar-refractivity contribution in [3.8, 4) is 5.75 Å². The van der Waals surface area contributed by atoms with E-state index in [-0.39, 0.29) is 18.6 Å². The molecular weight excluding hydrogens is 318 g/mol. The minimum Gasteiger partial charge on any atom is -0.483 e. The van der Waals surface area contributed by atoms with Gasteiger partial charge in [0.05, 0.1) is 6.26 Å². The molecule has 2 N–H and O–H groups in total. The fourth-order valence-corrected chi connectivity index (χ4v) is 2.36. The van der Waals surface area contributed by atoms with E-state index in [1.54, 1.807) is 30.3 Å². The fraction of sp³-hybridized carbons (Fsp3) is 0.353. The van der Waals surface area contributed by atoms with Crippen molar-refractivity contribution in [3.05, 3.63) is 52.9 Å². The molecule has 2 atom stereocenters. The van der Waals surface area contributed by atoms with Crippen LogP contribution in [0.15, 0.2) is 41.0 Å². The zero-order chi connectivity index (χ0) is 16.8. The van der Waals surface area contributed by atoms with E-state index in [0.717, 1.165) is 5.56 Å². The summed E-state index contributed by atoms with van der Waals surface area (Å²) in [5.74, 6) is 0.802. The van der Waals surface area contributed by atoms with Gasteiger partial charge >= 0.3 is 0 Å². The van der Waals surface area contributed by atoms with Crippen LogP contribution in [0.3, 0.4) is 0 Å².